The van der Waals surface area contributed by atoms with Crippen molar-refractivity contribution in [1.29, 1.82) is 0 Å². The van der Waals surface area contributed by atoms with Gasteiger partial charge in [-0.15, -0.1) is 0 Å². The number of aryl methyl sites for hydroxylation is 1. The second-order valence-electron chi connectivity index (χ2n) is 3.48. The Bertz CT molecular complexity index is 291. The lowest BCUT2D eigenvalue weighted by molar-refractivity contribution is 0.101. The number of aliphatic hydroxyl groups is 1. The summed E-state index contributed by atoms with van der Waals surface area (Å²) in [5, 5.41) is 8.59. The molecule has 0 aliphatic rings. The summed E-state index contributed by atoms with van der Waals surface area (Å²) in [5.74, 6) is 0.110. The minimum atomic E-state index is 0.110. The smallest absolute Gasteiger partial charge is 0.161 e. The summed E-state index contributed by atoms with van der Waals surface area (Å²) in [6, 6.07) is 1.84. The molecule has 78 valence electrons. The van der Waals surface area contributed by atoms with Crippen molar-refractivity contribution in [3.8, 4) is 0 Å². The quantitative estimate of drug-likeness (QED) is 0.556. The van der Waals surface area contributed by atoms with E-state index in [0.29, 0.717) is 0 Å². The predicted octanol–water partition coefficient (Wildman–Crippen LogP) is 1.85. The first-order valence-corrected chi connectivity index (χ1v) is 5.01. The van der Waals surface area contributed by atoms with Crippen LogP contribution in [0.4, 0.5) is 0 Å². The van der Waals surface area contributed by atoms with E-state index in [1.807, 2.05) is 23.0 Å². The molecule has 0 aliphatic carbocycles. The van der Waals surface area contributed by atoms with Crippen LogP contribution in [0.5, 0.6) is 0 Å². The Morgan fingerprint density at radius 3 is 2.79 bits per heavy atom. The zero-order valence-corrected chi connectivity index (χ0v) is 8.57. The number of aliphatic hydroxyl groups excluding tert-OH is 1. The molecule has 14 heavy (non-hydrogen) atoms. The summed E-state index contributed by atoms with van der Waals surface area (Å²) < 4.78 is 2.02. The molecule has 3 nitrogen and oxygen atoms in total. The molecule has 0 bridgehead atoms. The lowest BCUT2D eigenvalue weighted by Gasteiger charge is -2.01. The van der Waals surface area contributed by atoms with Crippen molar-refractivity contribution in [1.82, 2.24) is 4.57 Å². The number of carbonyl (C=O) groups is 1. The van der Waals surface area contributed by atoms with E-state index < -0.39 is 0 Å². The molecule has 1 N–H and O–H groups in total. The highest BCUT2D eigenvalue weighted by Gasteiger charge is 2.00. The molecule has 1 aromatic heterocycles. The summed E-state index contributed by atoms with van der Waals surface area (Å²) in [6.07, 6.45) is 6.74. The lowest BCUT2D eigenvalue weighted by atomic mass is 10.2. The molecule has 0 spiro atoms. The molecule has 0 aliphatic heterocycles. The van der Waals surface area contributed by atoms with Gasteiger partial charge in [0, 0.05) is 31.1 Å². The van der Waals surface area contributed by atoms with E-state index in [4.69, 9.17) is 5.11 Å². The van der Waals surface area contributed by atoms with Crippen LogP contribution in [-0.2, 0) is 6.54 Å². The maximum Gasteiger partial charge on any atom is 0.161 e. The van der Waals surface area contributed by atoms with Crippen LogP contribution in [0.15, 0.2) is 18.5 Å². The van der Waals surface area contributed by atoms with Crippen LogP contribution in [0.2, 0.25) is 0 Å². The predicted molar refractivity (Wildman–Crippen MR) is 55.4 cm³/mol. The average molecular weight is 195 g/mol. The molecular weight excluding hydrogens is 178 g/mol. The molecule has 0 atom stereocenters. The fourth-order valence-electron chi connectivity index (χ4n) is 1.37. The molecule has 1 heterocycles. The van der Waals surface area contributed by atoms with Crippen LogP contribution in [0.25, 0.3) is 0 Å². The molecule has 1 rings (SSSR count). The molecule has 0 aromatic carbocycles. The van der Waals surface area contributed by atoms with Gasteiger partial charge in [0.1, 0.15) is 0 Å². The number of Topliss-reactive ketones (excluding diaryl/α,β-unsaturated/α-hetero) is 1. The number of hydrogen-bond donors (Lipinski definition) is 1. The maximum atomic E-state index is 11.0. The highest BCUT2D eigenvalue weighted by Crippen LogP contribution is 2.04. The zero-order valence-electron chi connectivity index (χ0n) is 8.57. The minimum Gasteiger partial charge on any atom is -0.396 e. The van der Waals surface area contributed by atoms with Gasteiger partial charge in [0.05, 0.1) is 0 Å². The molecule has 0 saturated carbocycles. The first-order chi connectivity index (χ1) is 6.74. The molecule has 0 amide bonds. The third-order valence-electron chi connectivity index (χ3n) is 2.23. The largest absolute Gasteiger partial charge is 0.396 e. The summed E-state index contributed by atoms with van der Waals surface area (Å²) in [6.45, 7) is 2.77. The highest BCUT2D eigenvalue weighted by atomic mass is 16.2. The fraction of sp³-hybridized carbons (Fsp3) is 0.545. The van der Waals surface area contributed by atoms with Gasteiger partial charge in [-0.3, -0.25) is 4.79 Å². The average Bonchev–Trinajstić information content (AvgIpc) is 2.61. The number of ketones is 1. The fourth-order valence-corrected chi connectivity index (χ4v) is 1.37. The van der Waals surface area contributed by atoms with E-state index in [1.165, 1.54) is 0 Å². The van der Waals surface area contributed by atoms with Gasteiger partial charge in [0.15, 0.2) is 5.78 Å². The second-order valence-corrected chi connectivity index (χ2v) is 3.48. The van der Waals surface area contributed by atoms with Gasteiger partial charge in [0.25, 0.3) is 0 Å². The summed E-state index contributed by atoms with van der Waals surface area (Å²) >= 11 is 0. The van der Waals surface area contributed by atoms with Crippen LogP contribution in [0.1, 0.15) is 36.5 Å². The number of carbonyl (C=O) groups excluding carboxylic acids is 1. The van der Waals surface area contributed by atoms with Crippen LogP contribution in [0, 0.1) is 0 Å². The van der Waals surface area contributed by atoms with E-state index in [0.717, 1.165) is 31.4 Å². The van der Waals surface area contributed by atoms with Gasteiger partial charge in [-0.1, -0.05) is 0 Å². The van der Waals surface area contributed by atoms with Crippen molar-refractivity contribution in [3.63, 3.8) is 0 Å². The topological polar surface area (TPSA) is 42.2 Å². The Hall–Kier alpha value is -1.09. The Labute approximate surface area is 84.4 Å². The number of nitrogens with zero attached hydrogens (tertiary/aromatic N) is 1. The molecule has 0 radical (unpaired) electrons. The number of unbranched alkanes of at least 4 members (excludes halogenated alkanes) is 2. The number of hydrogen-bond acceptors (Lipinski definition) is 2. The molecule has 1 aromatic rings. The highest BCUT2D eigenvalue weighted by molar-refractivity contribution is 5.93. The third-order valence-corrected chi connectivity index (χ3v) is 2.23. The Morgan fingerprint density at radius 1 is 1.43 bits per heavy atom. The van der Waals surface area contributed by atoms with Crippen molar-refractivity contribution in [2.45, 2.75) is 32.7 Å². The minimum absolute atomic E-state index is 0.110. The molecule has 0 unspecified atom stereocenters. The lowest BCUT2D eigenvalue weighted by Crippen LogP contribution is -1.96. The Balaban J connectivity index is 2.33. The van der Waals surface area contributed by atoms with Crippen LogP contribution in [-0.4, -0.2) is 22.1 Å². The van der Waals surface area contributed by atoms with Crippen molar-refractivity contribution >= 4 is 5.78 Å². The third kappa shape index (κ3) is 3.34. The van der Waals surface area contributed by atoms with E-state index in [-0.39, 0.29) is 12.4 Å². The van der Waals surface area contributed by atoms with Crippen molar-refractivity contribution in [3.05, 3.63) is 24.0 Å². The Kier molecular flexibility index (Phi) is 4.40. The first-order valence-electron chi connectivity index (χ1n) is 5.01. The van der Waals surface area contributed by atoms with Gasteiger partial charge in [-0.25, -0.2) is 0 Å². The van der Waals surface area contributed by atoms with Gasteiger partial charge < -0.3 is 9.67 Å². The van der Waals surface area contributed by atoms with Gasteiger partial charge in [0.2, 0.25) is 0 Å². The van der Waals surface area contributed by atoms with Crippen LogP contribution in [0.3, 0.4) is 0 Å². The monoisotopic (exact) mass is 195 g/mol. The first kappa shape index (κ1) is 11.0. The standard InChI is InChI=1S/C11H17NO2/c1-10(14)11-5-7-12(9-11)6-3-2-4-8-13/h5,7,9,13H,2-4,6,8H2,1H3. The van der Waals surface area contributed by atoms with Gasteiger partial charge in [-0.2, -0.15) is 0 Å². The van der Waals surface area contributed by atoms with E-state index in [1.54, 1.807) is 6.92 Å². The van der Waals surface area contributed by atoms with Crippen molar-refractivity contribution in [2.75, 3.05) is 6.61 Å². The van der Waals surface area contributed by atoms with Gasteiger partial charge in [-0.05, 0) is 32.3 Å². The zero-order chi connectivity index (χ0) is 10.4. The van der Waals surface area contributed by atoms with E-state index >= 15 is 0 Å². The summed E-state index contributed by atoms with van der Waals surface area (Å²) in [4.78, 5) is 11.0. The molecular formula is C11H17NO2. The van der Waals surface area contributed by atoms with E-state index in [9.17, 15) is 4.79 Å². The molecule has 0 saturated heterocycles. The summed E-state index contributed by atoms with van der Waals surface area (Å²) in [7, 11) is 0. The summed E-state index contributed by atoms with van der Waals surface area (Å²) in [5.41, 5.74) is 0.771. The van der Waals surface area contributed by atoms with Crippen LogP contribution < -0.4 is 0 Å². The SMILES string of the molecule is CC(=O)c1ccn(CCCCCO)c1. The molecule has 3 heteroatoms. The normalized spacial score (nSPS) is 10.4. The van der Waals surface area contributed by atoms with Crippen molar-refractivity contribution < 1.29 is 9.90 Å². The van der Waals surface area contributed by atoms with E-state index in [2.05, 4.69) is 0 Å². The molecule has 0 fully saturated rings. The van der Waals surface area contributed by atoms with Crippen molar-refractivity contribution in [2.24, 2.45) is 0 Å². The Morgan fingerprint density at radius 2 is 2.21 bits per heavy atom. The maximum absolute atomic E-state index is 11.0. The van der Waals surface area contributed by atoms with Crippen LogP contribution >= 0.6 is 0 Å². The number of rotatable bonds is 6. The second kappa shape index (κ2) is 5.60. The van der Waals surface area contributed by atoms with Gasteiger partial charge >= 0.3 is 0 Å². The number of aromatic nitrogens is 1.